The first-order chi connectivity index (χ1) is 14.4. The minimum atomic E-state index is -0.699. The summed E-state index contributed by atoms with van der Waals surface area (Å²) in [5.41, 5.74) is 3.30. The Morgan fingerprint density at radius 2 is 1.77 bits per heavy atom. The summed E-state index contributed by atoms with van der Waals surface area (Å²) in [7, 11) is 0. The third kappa shape index (κ3) is 3.76. The number of fused-ring (bicyclic) bond motifs is 1. The molecule has 1 aliphatic heterocycles. The van der Waals surface area contributed by atoms with Crippen molar-refractivity contribution in [3.8, 4) is 11.3 Å². The SMILES string of the molecule is CC(=O)c1ccc(-c2ccc(C(=O)OCC(=O)N3c4ccccc4C[C@H]3C)o2)cc1. The van der Waals surface area contributed by atoms with Crippen molar-refractivity contribution >= 4 is 23.3 Å². The summed E-state index contributed by atoms with van der Waals surface area (Å²) in [5, 5.41) is 0. The largest absolute Gasteiger partial charge is 0.450 e. The molecule has 2 aromatic carbocycles. The van der Waals surface area contributed by atoms with Crippen LogP contribution in [0.4, 0.5) is 5.69 Å². The Morgan fingerprint density at radius 3 is 2.50 bits per heavy atom. The molecule has 3 aromatic rings. The van der Waals surface area contributed by atoms with Gasteiger partial charge in [0.1, 0.15) is 5.76 Å². The average Bonchev–Trinajstić information content (AvgIpc) is 3.36. The molecule has 6 heteroatoms. The number of amides is 1. The molecular weight excluding hydrogens is 382 g/mol. The number of Topliss-reactive ketones (excluding diaryl/α,β-unsaturated/α-hetero) is 1. The summed E-state index contributed by atoms with van der Waals surface area (Å²) in [5.74, 6) is -0.499. The number of hydrogen-bond donors (Lipinski definition) is 0. The van der Waals surface area contributed by atoms with Gasteiger partial charge in [0.25, 0.3) is 5.91 Å². The first kappa shape index (κ1) is 19.6. The van der Waals surface area contributed by atoms with Crippen LogP contribution in [0.15, 0.2) is 65.1 Å². The van der Waals surface area contributed by atoms with E-state index in [0.717, 1.165) is 23.2 Å². The fraction of sp³-hybridized carbons (Fsp3) is 0.208. The van der Waals surface area contributed by atoms with Gasteiger partial charge < -0.3 is 14.1 Å². The van der Waals surface area contributed by atoms with Crippen LogP contribution < -0.4 is 4.90 Å². The van der Waals surface area contributed by atoms with E-state index in [1.54, 1.807) is 35.2 Å². The molecule has 0 radical (unpaired) electrons. The summed E-state index contributed by atoms with van der Waals surface area (Å²) in [6.07, 6.45) is 0.778. The van der Waals surface area contributed by atoms with E-state index in [4.69, 9.17) is 9.15 Å². The second-order valence-corrected chi connectivity index (χ2v) is 7.32. The molecule has 1 aliphatic rings. The minimum absolute atomic E-state index is 0.0155. The van der Waals surface area contributed by atoms with Crippen LogP contribution in [0.2, 0.25) is 0 Å². The van der Waals surface area contributed by atoms with Crippen LogP contribution in [0.3, 0.4) is 0 Å². The van der Waals surface area contributed by atoms with E-state index < -0.39 is 5.97 Å². The molecule has 0 N–H and O–H groups in total. The number of furan rings is 1. The first-order valence-corrected chi connectivity index (χ1v) is 9.72. The van der Waals surface area contributed by atoms with Crippen LogP contribution in [0.1, 0.15) is 40.3 Å². The summed E-state index contributed by atoms with van der Waals surface area (Å²) < 4.78 is 10.8. The van der Waals surface area contributed by atoms with Gasteiger partial charge in [-0.15, -0.1) is 0 Å². The molecule has 152 valence electrons. The average molecular weight is 403 g/mol. The first-order valence-electron chi connectivity index (χ1n) is 9.72. The second kappa shape index (κ2) is 7.99. The third-order valence-corrected chi connectivity index (χ3v) is 5.19. The summed E-state index contributed by atoms with van der Waals surface area (Å²) >= 11 is 0. The van der Waals surface area contributed by atoms with Gasteiger partial charge in [-0.25, -0.2) is 4.79 Å². The lowest BCUT2D eigenvalue weighted by atomic mass is 10.1. The Bertz CT molecular complexity index is 1110. The monoisotopic (exact) mass is 403 g/mol. The number of carbonyl (C=O) groups excluding carboxylic acids is 3. The molecule has 0 spiro atoms. The highest BCUT2D eigenvalue weighted by molar-refractivity contribution is 5.98. The minimum Gasteiger partial charge on any atom is -0.450 e. The molecule has 0 bridgehead atoms. The Balaban J connectivity index is 1.40. The Hall–Kier alpha value is -3.67. The number of nitrogens with zero attached hydrogens (tertiary/aromatic N) is 1. The quantitative estimate of drug-likeness (QED) is 0.469. The topological polar surface area (TPSA) is 76.8 Å². The zero-order valence-electron chi connectivity index (χ0n) is 16.8. The number of ether oxygens (including phenoxy) is 1. The van der Waals surface area contributed by atoms with Crippen molar-refractivity contribution in [2.24, 2.45) is 0 Å². The predicted octanol–water partition coefficient (Wildman–Crippen LogP) is 4.28. The number of para-hydroxylation sites is 1. The molecule has 1 amide bonds. The zero-order chi connectivity index (χ0) is 21.3. The Labute approximate surface area is 174 Å². The van der Waals surface area contributed by atoms with Crippen molar-refractivity contribution in [1.82, 2.24) is 0 Å². The van der Waals surface area contributed by atoms with E-state index in [-0.39, 0.29) is 30.1 Å². The number of anilines is 1. The lowest BCUT2D eigenvalue weighted by Gasteiger charge is -2.22. The van der Waals surface area contributed by atoms with Crippen molar-refractivity contribution in [1.29, 1.82) is 0 Å². The summed E-state index contributed by atoms with van der Waals surface area (Å²) in [4.78, 5) is 38.1. The number of ketones is 1. The van der Waals surface area contributed by atoms with Crippen molar-refractivity contribution in [2.45, 2.75) is 26.3 Å². The van der Waals surface area contributed by atoms with E-state index in [2.05, 4.69) is 0 Å². The number of carbonyl (C=O) groups is 3. The number of esters is 1. The van der Waals surface area contributed by atoms with Crippen molar-refractivity contribution < 1.29 is 23.5 Å². The van der Waals surface area contributed by atoms with Gasteiger partial charge in [-0.3, -0.25) is 9.59 Å². The normalized spacial score (nSPS) is 15.0. The van der Waals surface area contributed by atoms with Gasteiger partial charge in [0.05, 0.1) is 0 Å². The molecule has 0 unspecified atom stereocenters. The fourth-order valence-electron chi connectivity index (χ4n) is 3.69. The van der Waals surface area contributed by atoms with Crippen LogP contribution in [0.25, 0.3) is 11.3 Å². The van der Waals surface area contributed by atoms with E-state index in [0.29, 0.717) is 11.3 Å². The third-order valence-electron chi connectivity index (χ3n) is 5.19. The number of hydrogen-bond acceptors (Lipinski definition) is 5. The number of benzene rings is 2. The van der Waals surface area contributed by atoms with E-state index in [9.17, 15) is 14.4 Å². The predicted molar refractivity (Wildman–Crippen MR) is 112 cm³/mol. The van der Waals surface area contributed by atoms with Gasteiger partial charge in [0.2, 0.25) is 5.76 Å². The summed E-state index contributed by atoms with van der Waals surface area (Å²) in [6, 6.07) is 17.8. The Kier molecular flexibility index (Phi) is 5.23. The zero-order valence-corrected chi connectivity index (χ0v) is 16.8. The van der Waals surface area contributed by atoms with Gasteiger partial charge in [-0.1, -0.05) is 42.5 Å². The van der Waals surface area contributed by atoms with Gasteiger partial charge in [-0.2, -0.15) is 0 Å². The second-order valence-electron chi connectivity index (χ2n) is 7.32. The molecule has 4 rings (SSSR count). The van der Waals surface area contributed by atoms with Crippen LogP contribution >= 0.6 is 0 Å². The maximum atomic E-state index is 12.7. The van der Waals surface area contributed by atoms with Crippen molar-refractivity contribution in [3.63, 3.8) is 0 Å². The maximum Gasteiger partial charge on any atom is 0.374 e. The van der Waals surface area contributed by atoms with Crippen molar-refractivity contribution in [3.05, 3.63) is 77.6 Å². The number of rotatable bonds is 5. The highest BCUT2D eigenvalue weighted by Crippen LogP contribution is 2.32. The summed E-state index contributed by atoms with van der Waals surface area (Å²) in [6.45, 7) is 3.11. The van der Waals surface area contributed by atoms with Gasteiger partial charge in [0.15, 0.2) is 12.4 Å². The molecular formula is C24H21NO5. The lowest BCUT2D eigenvalue weighted by Crippen LogP contribution is -2.38. The van der Waals surface area contributed by atoms with Crippen LogP contribution in [-0.2, 0) is 16.0 Å². The molecule has 0 aliphatic carbocycles. The maximum absolute atomic E-state index is 12.7. The molecule has 1 atom stereocenters. The highest BCUT2D eigenvalue weighted by atomic mass is 16.5. The molecule has 30 heavy (non-hydrogen) atoms. The van der Waals surface area contributed by atoms with E-state index >= 15 is 0 Å². The fourth-order valence-corrected chi connectivity index (χ4v) is 3.69. The Morgan fingerprint density at radius 1 is 1.03 bits per heavy atom. The standard InChI is InChI=1S/C24H21NO5/c1-15-13-19-5-3-4-6-20(19)25(15)23(27)14-29-24(28)22-12-11-21(30-22)18-9-7-17(8-10-18)16(2)26/h3-12,15H,13-14H2,1-2H3/t15-/m1/s1. The van der Waals surface area contributed by atoms with Crippen LogP contribution in [0.5, 0.6) is 0 Å². The smallest absolute Gasteiger partial charge is 0.374 e. The van der Waals surface area contributed by atoms with Gasteiger partial charge in [0, 0.05) is 22.9 Å². The van der Waals surface area contributed by atoms with E-state index in [1.807, 2.05) is 31.2 Å². The lowest BCUT2D eigenvalue weighted by molar-refractivity contribution is -0.122. The highest BCUT2D eigenvalue weighted by Gasteiger charge is 2.31. The molecule has 0 fully saturated rings. The van der Waals surface area contributed by atoms with Crippen LogP contribution in [0, 0.1) is 0 Å². The molecule has 0 saturated carbocycles. The molecule has 0 saturated heterocycles. The molecule has 6 nitrogen and oxygen atoms in total. The van der Waals surface area contributed by atoms with Crippen molar-refractivity contribution in [2.75, 3.05) is 11.5 Å². The van der Waals surface area contributed by atoms with Gasteiger partial charge in [-0.05, 0) is 44.0 Å². The van der Waals surface area contributed by atoms with Gasteiger partial charge >= 0.3 is 5.97 Å². The molecule has 1 aromatic heterocycles. The van der Waals surface area contributed by atoms with E-state index in [1.165, 1.54) is 13.0 Å². The molecule has 2 heterocycles. The van der Waals surface area contributed by atoms with Crippen LogP contribution in [-0.4, -0.2) is 30.3 Å².